The van der Waals surface area contributed by atoms with Gasteiger partial charge in [-0.25, -0.2) is 14.2 Å². The molecule has 2 aliphatic heterocycles. The molecule has 1 aromatic carbocycles. The number of benzene rings is 1. The van der Waals surface area contributed by atoms with Crippen molar-refractivity contribution in [2.75, 3.05) is 13.1 Å². The van der Waals surface area contributed by atoms with Crippen LogP contribution in [0.3, 0.4) is 0 Å². The number of likely N-dealkylation sites (tertiary alicyclic amines) is 1. The van der Waals surface area contributed by atoms with Crippen molar-refractivity contribution in [3.05, 3.63) is 35.6 Å². The van der Waals surface area contributed by atoms with Crippen LogP contribution in [0.4, 0.5) is 4.39 Å². The zero-order valence-electron chi connectivity index (χ0n) is 12.0. The quantitative estimate of drug-likeness (QED) is 0.928. The maximum Gasteiger partial charge on any atom is 0.189 e. The lowest BCUT2D eigenvalue weighted by molar-refractivity contribution is -0.0904. The van der Waals surface area contributed by atoms with Crippen molar-refractivity contribution >= 4 is 5.84 Å². The normalized spacial score (nSPS) is 24.9. The number of nitrogens with zero attached hydrogens (tertiary/aromatic N) is 2. The Kier molecular flexibility index (Phi) is 3.19. The van der Waals surface area contributed by atoms with E-state index in [9.17, 15) is 4.39 Å². The van der Waals surface area contributed by atoms with E-state index in [0.717, 1.165) is 43.9 Å². The van der Waals surface area contributed by atoms with Crippen LogP contribution in [-0.4, -0.2) is 29.6 Å². The van der Waals surface area contributed by atoms with Gasteiger partial charge in [-0.1, -0.05) is 12.1 Å². The molecule has 1 spiro atoms. The van der Waals surface area contributed by atoms with Crippen LogP contribution < -0.4 is 5.48 Å². The highest BCUT2D eigenvalue weighted by Crippen LogP contribution is 2.37. The summed E-state index contributed by atoms with van der Waals surface area (Å²) < 4.78 is 12.9. The van der Waals surface area contributed by atoms with Crippen LogP contribution in [0, 0.1) is 11.7 Å². The van der Waals surface area contributed by atoms with Gasteiger partial charge in [0.2, 0.25) is 0 Å². The first kappa shape index (κ1) is 13.2. The summed E-state index contributed by atoms with van der Waals surface area (Å²) in [6.45, 7) is 2.78. The molecule has 1 aromatic rings. The molecule has 0 radical (unpaired) electrons. The smallest absolute Gasteiger partial charge is 0.189 e. The van der Waals surface area contributed by atoms with Crippen LogP contribution in [0.15, 0.2) is 29.3 Å². The largest absolute Gasteiger partial charge is 0.299 e. The van der Waals surface area contributed by atoms with Crippen molar-refractivity contribution in [2.24, 2.45) is 10.9 Å². The van der Waals surface area contributed by atoms with Gasteiger partial charge >= 0.3 is 0 Å². The van der Waals surface area contributed by atoms with Gasteiger partial charge in [-0.2, -0.15) is 0 Å². The molecule has 0 atom stereocenters. The SMILES string of the molecule is Fc1ccc(CN2CCC3(CC2)N=C(C2CC2)NO3)cc1. The lowest BCUT2D eigenvalue weighted by Gasteiger charge is -2.35. The molecule has 0 unspecified atom stereocenters. The Hall–Kier alpha value is -1.46. The highest BCUT2D eigenvalue weighted by molar-refractivity contribution is 5.87. The minimum absolute atomic E-state index is 0.177. The third kappa shape index (κ3) is 2.80. The fraction of sp³-hybridized carbons (Fsp3) is 0.562. The predicted molar refractivity (Wildman–Crippen MR) is 78.0 cm³/mol. The van der Waals surface area contributed by atoms with Gasteiger partial charge < -0.3 is 0 Å². The molecule has 1 saturated carbocycles. The van der Waals surface area contributed by atoms with Crippen LogP contribution in [-0.2, 0) is 11.4 Å². The summed E-state index contributed by atoms with van der Waals surface area (Å²) in [4.78, 5) is 13.0. The van der Waals surface area contributed by atoms with Gasteiger partial charge in [-0.3, -0.25) is 10.4 Å². The van der Waals surface area contributed by atoms with Crippen molar-refractivity contribution in [3.8, 4) is 0 Å². The molecule has 1 saturated heterocycles. The van der Waals surface area contributed by atoms with E-state index in [1.807, 2.05) is 12.1 Å². The Morgan fingerprint density at radius 2 is 1.95 bits per heavy atom. The zero-order valence-corrected chi connectivity index (χ0v) is 12.0. The van der Waals surface area contributed by atoms with Crippen molar-refractivity contribution in [1.29, 1.82) is 0 Å². The average molecular weight is 289 g/mol. The van der Waals surface area contributed by atoms with Crippen molar-refractivity contribution in [1.82, 2.24) is 10.4 Å². The van der Waals surface area contributed by atoms with Gasteiger partial charge in [0.15, 0.2) is 5.72 Å². The molecule has 4 rings (SSSR count). The van der Waals surface area contributed by atoms with Gasteiger partial charge in [-0.05, 0) is 30.5 Å². The predicted octanol–water partition coefficient (Wildman–Crippen LogP) is 2.46. The standard InChI is InChI=1S/C16H20FN3O/c17-14-5-1-12(2-6-14)11-20-9-7-16(8-10-20)18-15(19-21-16)13-3-4-13/h1-2,5-6,13H,3-4,7-11H2,(H,18,19). The van der Waals surface area contributed by atoms with E-state index in [4.69, 9.17) is 9.83 Å². The van der Waals surface area contributed by atoms with Crippen LogP contribution in [0.2, 0.25) is 0 Å². The lowest BCUT2D eigenvalue weighted by Crippen LogP contribution is -2.44. The lowest BCUT2D eigenvalue weighted by atomic mass is 10.0. The molecule has 1 aliphatic carbocycles. The first-order valence-corrected chi connectivity index (χ1v) is 7.73. The summed E-state index contributed by atoms with van der Waals surface area (Å²) in [7, 11) is 0. The third-order valence-electron chi connectivity index (χ3n) is 4.59. The number of rotatable bonds is 3. The Morgan fingerprint density at radius 1 is 1.24 bits per heavy atom. The van der Waals surface area contributed by atoms with Gasteiger partial charge in [0.25, 0.3) is 0 Å². The number of nitrogens with one attached hydrogen (secondary N) is 1. The molecule has 4 nitrogen and oxygen atoms in total. The second-order valence-electron chi connectivity index (χ2n) is 6.32. The van der Waals surface area contributed by atoms with Gasteiger partial charge in [0.1, 0.15) is 11.7 Å². The number of hydrogen-bond donors (Lipinski definition) is 1. The number of piperidine rings is 1. The maximum atomic E-state index is 12.9. The fourth-order valence-electron chi connectivity index (χ4n) is 3.07. The Morgan fingerprint density at radius 3 is 2.62 bits per heavy atom. The first-order chi connectivity index (χ1) is 10.2. The van der Waals surface area contributed by atoms with E-state index in [2.05, 4.69) is 10.4 Å². The molecule has 5 heteroatoms. The van der Waals surface area contributed by atoms with Gasteiger partial charge in [0.05, 0.1) is 0 Å². The number of amidine groups is 1. The molecule has 0 bridgehead atoms. The van der Waals surface area contributed by atoms with Crippen molar-refractivity contribution in [2.45, 2.75) is 38.0 Å². The number of hydrogen-bond acceptors (Lipinski definition) is 4. The number of halogens is 1. The van der Waals surface area contributed by atoms with Crippen LogP contribution in [0.25, 0.3) is 0 Å². The summed E-state index contributed by atoms with van der Waals surface area (Å²) in [5, 5.41) is 0. The highest BCUT2D eigenvalue weighted by Gasteiger charge is 2.43. The highest BCUT2D eigenvalue weighted by atomic mass is 19.1. The monoisotopic (exact) mass is 289 g/mol. The van der Waals surface area contributed by atoms with Gasteiger partial charge in [0, 0.05) is 38.4 Å². The van der Waals surface area contributed by atoms with E-state index in [1.54, 1.807) is 0 Å². The summed E-state index contributed by atoms with van der Waals surface area (Å²) in [6.07, 6.45) is 4.30. The van der Waals surface area contributed by atoms with Crippen LogP contribution >= 0.6 is 0 Å². The molecular weight excluding hydrogens is 269 g/mol. The molecule has 3 aliphatic rings. The second-order valence-corrected chi connectivity index (χ2v) is 6.32. The van der Waals surface area contributed by atoms with E-state index in [1.165, 1.54) is 25.0 Å². The molecule has 21 heavy (non-hydrogen) atoms. The van der Waals surface area contributed by atoms with Crippen LogP contribution in [0.1, 0.15) is 31.2 Å². The van der Waals surface area contributed by atoms with E-state index >= 15 is 0 Å². The summed E-state index contributed by atoms with van der Waals surface area (Å²) >= 11 is 0. The zero-order chi connectivity index (χ0) is 14.3. The maximum absolute atomic E-state index is 12.9. The van der Waals surface area contributed by atoms with Crippen molar-refractivity contribution in [3.63, 3.8) is 0 Å². The number of aliphatic imine (C=N–C) groups is 1. The molecule has 2 heterocycles. The minimum Gasteiger partial charge on any atom is -0.299 e. The molecule has 0 aromatic heterocycles. The summed E-state index contributed by atoms with van der Waals surface area (Å²) in [5.74, 6) is 1.49. The molecule has 0 amide bonds. The Bertz CT molecular complexity index is 545. The van der Waals surface area contributed by atoms with E-state index in [0.29, 0.717) is 5.92 Å². The molecule has 112 valence electrons. The topological polar surface area (TPSA) is 36.9 Å². The van der Waals surface area contributed by atoms with E-state index < -0.39 is 0 Å². The molecular formula is C16H20FN3O. The summed E-state index contributed by atoms with van der Waals surface area (Å²) in [5.41, 5.74) is 3.86. The Balaban J connectivity index is 1.35. The summed E-state index contributed by atoms with van der Waals surface area (Å²) in [6, 6.07) is 6.77. The average Bonchev–Trinajstić information content (AvgIpc) is 3.27. The van der Waals surface area contributed by atoms with Gasteiger partial charge in [-0.15, -0.1) is 0 Å². The van der Waals surface area contributed by atoms with Crippen molar-refractivity contribution < 1.29 is 9.23 Å². The third-order valence-corrected chi connectivity index (χ3v) is 4.59. The Labute approximate surface area is 124 Å². The fourth-order valence-corrected chi connectivity index (χ4v) is 3.07. The first-order valence-electron chi connectivity index (χ1n) is 7.73. The number of hydroxylamine groups is 1. The second kappa shape index (κ2) is 5.07. The van der Waals surface area contributed by atoms with E-state index in [-0.39, 0.29) is 11.5 Å². The molecule has 1 N–H and O–H groups in total. The minimum atomic E-state index is -0.336. The molecule has 2 fully saturated rings. The van der Waals surface area contributed by atoms with Crippen LogP contribution in [0.5, 0.6) is 0 Å².